The first kappa shape index (κ1) is 24.1. The van der Waals surface area contributed by atoms with E-state index in [0.29, 0.717) is 17.3 Å². The van der Waals surface area contributed by atoms with Crippen LogP contribution in [0.15, 0.2) is 42.5 Å². The molecule has 0 saturated carbocycles. The number of nitrogens with zero attached hydrogens (tertiary/aromatic N) is 1. The fraction of sp³-hybridized carbons (Fsp3) is 0.263. The fourth-order valence-electron chi connectivity index (χ4n) is 3.18. The molecule has 1 unspecified atom stereocenters. The second-order valence-electron chi connectivity index (χ2n) is 6.41. The highest BCUT2D eigenvalue weighted by molar-refractivity contribution is 14.1. The van der Waals surface area contributed by atoms with Crippen molar-refractivity contribution < 1.29 is 39.9 Å². The number of benzene rings is 2. The number of para-hydroxylation sites is 1. The molecule has 0 fully saturated rings. The Hall–Kier alpha value is -1.57. The normalized spacial score (nSPS) is 16.3. The second-order valence-corrected chi connectivity index (χ2v) is 8.57. The average Bonchev–Trinajstić information content (AvgIpc) is 2.64. The summed E-state index contributed by atoms with van der Waals surface area (Å²) < 4.78 is 113. The highest BCUT2D eigenvalue weighted by atomic mass is 127. The summed E-state index contributed by atoms with van der Waals surface area (Å²) in [4.78, 5) is -3.62. The number of halogens is 10. The topological polar surface area (TPSA) is 12.5 Å². The van der Waals surface area contributed by atoms with Gasteiger partial charge in [-0.1, -0.05) is 30.4 Å². The van der Waals surface area contributed by atoms with Crippen LogP contribution < -0.4 is 9.64 Å². The van der Waals surface area contributed by atoms with E-state index in [1.807, 2.05) is 0 Å². The number of ether oxygens (including phenoxy) is 1. The summed E-state index contributed by atoms with van der Waals surface area (Å²) in [5, 5.41) is 0. The van der Waals surface area contributed by atoms with Crippen molar-refractivity contribution >= 4 is 56.0 Å². The molecule has 0 amide bonds. The summed E-state index contributed by atoms with van der Waals surface area (Å²) in [6, 6.07) is 7.49. The van der Waals surface area contributed by atoms with Gasteiger partial charge in [0, 0.05) is 21.4 Å². The molecule has 12 heteroatoms. The summed E-state index contributed by atoms with van der Waals surface area (Å²) in [5.41, 5.74) is -5.68. The maximum Gasteiger partial charge on any atom is 0.433 e. The van der Waals surface area contributed by atoms with Gasteiger partial charge in [0.25, 0.3) is 0 Å². The minimum Gasteiger partial charge on any atom is -0.433 e. The average molecular weight is 628 g/mol. The molecule has 168 valence electrons. The lowest BCUT2D eigenvalue weighted by atomic mass is 9.94. The van der Waals surface area contributed by atoms with Crippen molar-refractivity contribution in [1.82, 2.24) is 0 Å². The van der Waals surface area contributed by atoms with Crippen LogP contribution in [-0.4, -0.2) is 24.2 Å². The lowest BCUT2D eigenvalue weighted by Gasteiger charge is -2.34. The molecule has 0 aromatic heterocycles. The zero-order chi connectivity index (χ0) is 23.2. The molecule has 1 heterocycles. The molecule has 0 radical (unpaired) electrons. The van der Waals surface area contributed by atoms with E-state index in [1.165, 1.54) is 43.4 Å². The third-order valence-electron chi connectivity index (χ3n) is 4.51. The monoisotopic (exact) mass is 627 g/mol. The minimum atomic E-state index is -6.06. The smallest absolute Gasteiger partial charge is 0.433 e. The van der Waals surface area contributed by atoms with E-state index in [0.717, 1.165) is 0 Å². The largest absolute Gasteiger partial charge is 0.433 e. The van der Waals surface area contributed by atoms with Gasteiger partial charge in [0.2, 0.25) is 0 Å². The zero-order valence-electron chi connectivity index (χ0n) is 15.0. The van der Waals surface area contributed by atoms with Gasteiger partial charge in [-0.15, -0.1) is 0 Å². The molecule has 1 atom stereocenters. The van der Waals surface area contributed by atoms with Crippen molar-refractivity contribution in [2.75, 3.05) is 11.4 Å². The quantitative estimate of drug-likeness (QED) is 0.191. The number of rotatable bonds is 5. The van der Waals surface area contributed by atoms with Gasteiger partial charge in [0.05, 0.1) is 5.69 Å². The van der Waals surface area contributed by atoms with Crippen molar-refractivity contribution in [2.45, 2.75) is 23.3 Å². The number of hydrogen-bond acceptors (Lipinski definition) is 2. The molecule has 0 bridgehead atoms. The molecule has 2 aromatic carbocycles. The Labute approximate surface area is 193 Å². The lowest BCUT2D eigenvalue weighted by molar-refractivity contribution is -0.282. The van der Waals surface area contributed by atoms with Crippen molar-refractivity contribution in [3.63, 3.8) is 0 Å². The van der Waals surface area contributed by atoms with Gasteiger partial charge in [-0.2, -0.15) is 30.7 Å². The Bertz CT molecular complexity index is 991. The van der Waals surface area contributed by atoms with E-state index in [1.54, 1.807) is 36.4 Å². The number of fused-ring (bicyclic) bond motifs is 1. The highest BCUT2D eigenvalue weighted by Gasteiger charge is 2.71. The SMILES string of the molecule is FC(F)Oc1cc(C(F)(C(F)(F)F)C(F)(F)Br)cc(I)c1N1CC=Cc2ccccc21. The van der Waals surface area contributed by atoms with Crippen molar-refractivity contribution in [2.24, 2.45) is 0 Å². The summed E-state index contributed by atoms with van der Waals surface area (Å²) in [7, 11) is 0. The summed E-state index contributed by atoms with van der Waals surface area (Å²) >= 11 is 2.92. The molecule has 1 aliphatic rings. The first-order valence-corrected chi connectivity index (χ1v) is 10.3. The van der Waals surface area contributed by atoms with E-state index < -0.39 is 34.6 Å². The number of alkyl halides is 9. The number of hydrogen-bond donors (Lipinski definition) is 0. The fourth-order valence-corrected chi connectivity index (χ4v) is 4.52. The van der Waals surface area contributed by atoms with Crippen LogP contribution in [0, 0.1) is 3.57 Å². The highest BCUT2D eigenvalue weighted by Crippen LogP contribution is 2.57. The Morgan fingerprint density at radius 2 is 1.68 bits per heavy atom. The second kappa shape index (κ2) is 8.41. The van der Waals surface area contributed by atoms with Gasteiger partial charge in [0.15, 0.2) is 5.75 Å². The molecular formula is C19H11BrF8INO. The van der Waals surface area contributed by atoms with Crippen LogP contribution in [0.25, 0.3) is 6.08 Å². The van der Waals surface area contributed by atoms with E-state index >= 15 is 0 Å². The lowest BCUT2D eigenvalue weighted by Crippen LogP contribution is -2.49. The summed E-state index contributed by atoms with van der Waals surface area (Å²) in [6.07, 6.45) is -2.64. The maximum atomic E-state index is 14.9. The van der Waals surface area contributed by atoms with Crippen LogP contribution in [-0.2, 0) is 5.67 Å². The van der Waals surface area contributed by atoms with E-state index in [9.17, 15) is 35.1 Å². The van der Waals surface area contributed by atoms with E-state index in [-0.39, 0.29) is 21.9 Å². The van der Waals surface area contributed by atoms with Gasteiger partial charge in [-0.05, 0) is 62.3 Å². The molecule has 31 heavy (non-hydrogen) atoms. The van der Waals surface area contributed by atoms with Crippen LogP contribution >= 0.6 is 38.5 Å². The van der Waals surface area contributed by atoms with Crippen molar-refractivity contribution in [3.8, 4) is 5.75 Å². The third-order valence-corrected chi connectivity index (χ3v) is 5.88. The Morgan fingerprint density at radius 1 is 1.03 bits per heavy atom. The van der Waals surface area contributed by atoms with Gasteiger partial charge < -0.3 is 9.64 Å². The van der Waals surface area contributed by atoms with E-state index in [2.05, 4.69) is 4.74 Å². The number of anilines is 2. The molecule has 3 rings (SSSR count). The van der Waals surface area contributed by atoms with Crippen LogP contribution in [0.2, 0.25) is 0 Å². The molecule has 0 spiro atoms. The van der Waals surface area contributed by atoms with Gasteiger partial charge >= 0.3 is 23.3 Å². The molecule has 1 aliphatic heterocycles. The predicted molar refractivity (Wildman–Crippen MR) is 111 cm³/mol. The van der Waals surface area contributed by atoms with Crippen molar-refractivity contribution in [3.05, 3.63) is 57.2 Å². The van der Waals surface area contributed by atoms with Crippen LogP contribution in [0.4, 0.5) is 46.5 Å². The maximum absolute atomic E-state index is 14.9. The molecular weight excluding hydrogens is 617 g/mol. The molecule has 0 aliphatic carbocycles. The Kier molecular flexibility index (Phi) is 6.53. The van der Waals surface area contributed by atoms with Gasteiger partial charge in [0.1, 0.15) is 0 Å². The summed E-state index contributed by atoms with van der Waals surface area (Å²) in [6.45, 7) is -3.37. The standard InChI is InChI=1S/C19H11BrF8INO/c20-18(24,25)17(23,19(26,27)28)11-8-12(29)15(14(9-11)31-16(21)22)30-7-3-5-10-4-1-2-6-13(10)30/h1-6,8-9,16H,7H2. The van der Waals surface area contributed by atoms with Crippen LogP contribution in [0.3, 0.4) is 0 Å². The van der Waals surface area contributed by atoms with Crippen LogP contribution in [0.5, 0.6) is 5.75 Å². The molecule has 0 saturated heterocycles. The third kappa shape index (κ3) is 4.37. The Balaban J connectivity index is 2.26. The molecule has 2 aromatic rings. The Morgan fingerprint density at radius 3 is 2.26 bits per heavy atom. The zero-order valence-corrected chi connectivity index (χ0v) is 18.8. The first-order chi connectivity index (χ1) is 14.3. The van der Waals surface area contributed by atoms with Gasteiger partial charge in [-0.3, -0.25) is 0 Å². The van der Waals surface area contributed by atoms with E-state index in [4.69, 9.17) is 0 Å². The van der Waals surface area contributed by atoms with Crippen molar-refractivity contribution in [1.29, 1.82) is 0 Å². The van der Waals surface area contributed by atoms with Gasteiger partial charge in [-0.25, -0.2) is 4.39 Å². The minimum absolute atomic E-state index is 0.108. The van der Waals surface area contributed by atoms with Crippen LogP contribution in [0.1, 0.15) is 11.1 Å². The first-order valence-electron chi connectivity index (χ1n) is 8.41. The summed E-state index contributed by atoms with van der Waals surface area (Å²) in [5.74, 6) is -0.870. The molecule has 2 nitrogen and oxygen atoms in total. The predicted octanol–water partition coefficient (Wildman–Crippen LogP) is 7.77. The molecule has 0 N–H and O–H groups in total.